The van der Waals surface area contributed by atoms with Gasteiger partial charge in [0.25, 0.3) is 5.69 Å². The Kier molecular flexibility index (Phi) is 5.39. The lowest BCUT2D eigenvalue weighted by Crippen LogP contribution is -2.34. The lowest BCUT2D eigenvalue weighted by molar-refractivity contribution is -0.384. The van der Waals surface area contributed by atoms with Gasteiger partial charge >= 0.3 is 0 Å². The van der Waals surface area contributed by atoms with E-state index in [1.165, 1.54) is 11.6 Å². The highest BCUT2D eigenvalue weighted by atomic mass is 16.6. The largest absolute Gasteiger partial charge is 0.496 e. The highest BCUT2D eigenvalue weighted by Gasteiger charge is 2.26. The Hall–Kier alpha value is -3.42. The van der Waals surface area contributed by atoms with Crippen molar-refractivity contribution in [3.8, 4) is 5.75 Å². The Morgan fingerprint density at radius 3 is 2.53 bits per heavy atom. The molecular formula is C22H25N5O3. The second-order valence-electron chi connectivity index (χ2n) is 7.70. The topological polar surface area (TPSA) is 84.6 Å². The standard InChI is InChI=1S/C22H25N5O3/c1-25(2)22-23-19-9-8-16(27(28)29)14-18(19)21(24-22)26-12-10-15(11-13-26)17-6-4-5-7-20(17)30-3/h4-9,14-15H,10-13H2,1-3H3. The fourth-order valence-corrected chi connectivity index (χ4v) is 4.05. The van der Waals surface area contributed by atoms with Crippen LogP contribution in [0.15, 0.2) is 42.5 Å². The maximum Gasteiger partial charge on any atom is 0.270 e. The van der Waals surface area contributed by atoms with Crippen molar-refractivity contribution in [3.63, 3.8) is 0 Å². The molecule has 0 radical (unpaired) electrons. The van der Waals surface area contributed by atoms with E-state index in [4.69, 9.17) is 9.72 Å². The molecule has 156 valence electrons. The number of ether oxygens (including phenoxy) is 1. The van der Waals surface area contributed by atoms with E-state index < -0.39 is 0 Å². The van der Waals surface area contributed by atoms with Gasteiger partial charge in [0, 0.05) is 44.7 Å². The Morgan fingerprint density at radius 1 is 1.13 bits per heavy atom. The van der Waals surface area contributed by atoms with Crippen LogP contribution in [0.3, 0.4) is 0 Å². The predicted octanol–water partition coefficient (Wildman–Crippen LogP) is 4.00. The van der Waals surface area contributed by atoms with Crippen LogP contribution in [0.25, 0.3) is 10.9 Å². The molecule has 1 aliphatic heterocycles. The van der Waals surface area contributed by atoms with E-state index >= 15 is 0 Å². The van der Waals surface area contributed by atoms with Gasteiger partial charge in [0.15, 0.2) is 0 Å². The van der Waals surface area contributed by atoms with E-state index in [1.54, 1.807) is 19.2 Å². The van der Waals surface area contributed by atoms with E-state index in [1.807, 2.05) is 37.2 Å². The first-order valence-corrected chi connectivity index (χ1v) is 9.99. The monoisotopic (exact) mass is 407 g/mol. The first-order valence-electron chi connectivity index (χ1n) is 9.99. The maximum absolute atomic E-state index is 11.3. The Labute approximate surface area is 175 Å². The second-order valence-corrected chi connectivity index (χ2v) is 7.70. The molecule has 0 saturated carbocycles. The number of benzene rings is 2. The molecule has 3 aromatic rings. The van der Waals surface area contributed by atoms with Crippen LogP contribution in [0.2, 0.25) is 0 Å². The quantitative estimate of drug-likeness (QED) is 0.467. The van der Waals surface area contributed by atoms with Gasteiger partial charge in [-0.3, -0.25) is 10.1 Å². The van der Waals surface area contributed by atoms with Crippen LogP contribution < -0.4 is 14.5 Å². The summed E-state index contributed by atoms with van der Waals surface area (Å²) in [6.45, 7) is 1.62. The molecule has 1 saturated heterocycles. The number of hydrogen-bond acceptors (Lipinski definition) is 7. The zero-order valence-corrected chi connectivity index (χ0v) is 17.4. The highest BCUT2D eigenvalue weighted by molar-refractivity contribution is 5.92. The minimum absolute atomic E-state index is 0.0499. The third-order valence-corrected chi connectivity index (χ3v) is 5.63. The Bertz CT molecular complexity index is 1080. The van der Waals surface area contributed by atoms with Gasteiger partial charge in [0.2, 0.25) is 5.95 Å². The molecule has 8 heteroatoms. The lowest BCUT2D eigenvalue weighted by atomic mass is 9.88. The second kappa shape index (κ2) is 8.14. The first-order chi connectivity index (χ1) is 14.5. The van der Waals surface area contributed by atoms with Crippen LogP contribution in [0.5, 0.6) is 5.75 Å². The van der Waals surface area contributed by atoms with E-state index in [-0.39, 0.29) is 10.6 Å². The van der Waals surface area contributed by atoms with E-state index in [0.29, 0.717) is 22.8 Å². The number of para-hydroxylation sites is 1. The Morgan fingerprint density at radius 2 is 1.87 bits per heavy atom. The van der Waals surface area contributed by atoms with Crippen molar-refractivity contribution < 1.29 is 9.66 Å². The molecule has 2 aromatic carbocycles. The van der Waals surface area contributed by atoms with Gasteiger partial charge in [-0.2, -0.15) is 4.98 Å². The summed E-state index contributed by atoms with van der Waals surface area (Å²) in [7, 11) is 5.49. The molecule has 0 unspecified atom stereocenters. The lowest BCUT2D eigenvalue weighted by Gasteiger charge is -2.34. The van der Waals surface area contributed by atoms with Crippen molar-refractivity contribution in [1.82, 2.24) is 9.97 Å². The number of aromatic nitrogens is 2. The van der Waals surface area contributed by atoms with Crippen molar-refractivity contribution in [2.75, 3.05) is 44.1 Å². The molecule has 2 heterocycles. The molecular weight excluding hydrogens is 382 g/mol. The number of anilines is 2. The number of rotatable bonds is 5. The summed E-state index contributed by atoms with van der Waals surface area (Å²) >= 11 is 0. The SMILES string of the molecule is COc1ccccc1C1CCN(c2nc(N(C)C)nc3ccc([N+](=O)[O-])cc23)CC1. The smallest absolute Gasteiger partial charge is 0.270 e. The van der Waals surface area contributed by atoms with Crippen LogP contribution in [0, 0.1) is 10.1 Å². The van der Waals surface area contributed by atoms with Gasteiger partial charge in [0.05, 0.1) is 17.5 Å². The van der Waals surface area contributed by atoms with Crippen LogP contribution in [0.4, 0.5) is 17.5 Å². The van der Waals surface area contributed by atoms with Gasteiger partial charge in [-0.15, -0.1) is 0 Å². The molecule has 1 aromatic heterocycles. The molecule has 0 amide bonds. The highest BCUT2D eigenvalue weighted by Crippen LogP contribution is 2.37. The third kappa shape index (κ3) is 3.72. The van der Waals surface area contributed by atoms with E-state index in [9.17, 15) is 10.1 Å². The summed E-state index contributed by atoms with van der Waals surface area (Å²) in [4.78, 5) is 24.3. The van der Waals surface area contributed by atoms with Gasteiger partial charge in [-0.05, 0) is 36.5 Å². The number of piperidine rings is 1. The van der Waals surface area contributed by atoms with Crippen LogP contribution in [-0.4, -0.2) is 49.2 Å². The Balaban J connectivity index is 1.67. The average molecular weight is 407 g/mol. The van der Waals surface area contributed by atoms with E-state index in [2.05, 4.69) is 16.0 Å². The minimum Gasteiger partial charge on any atom is -0.496 e. The zero-order valence-electron chi connectivity index (χ0n) is 17.4. The van der Waals surface area contributed by atoms with Gasteiger partial charge in [-0.1, -0.05) is 18.2 Å². The van der Waals surface area contributed by atoms with E-state index in [0.717, 1.165) is 37.5 Å². The summed E-state index contributed by atoms with van der Waals surface area (Å²) in [6.07, 6.45) is 1.91. The fourth-order valence-electron chi connectivity index (χ4n) is 4.05. The summed E-state index contributed by atoms with van der Waals surface area (Å²) in [5, 5.41) is 12.0. The first kappa shape index (κ1) is 19.9. The van der Waals surface area contributed by atoms with Gasteiger partial charge < -0.3 is 14.5 Å². The van der Waals surface area contributed by atoms with Crippen molar-refractivity contribution in [2.45, 2.75) is 18.8 Å². The summed E-state index contributed by atoms with van der Waals surface area (Å²) in [5.41, 5.74) is 1.99. The van der Waals surface area contributed by atoms with Crippen molar-refractivity contribution in [2.24, 2.45) is 0 Å². The molecule has 1 fully saturated rings. The number of hydrogen-bond donors (Lipinski definition) is 0. The fraction of sp³-hybridized carbons (Fsp3) is 0.364. The number of fused-ring (bicyclic) bond motifs is 1. The van der Waals surface area contributed by atoms with Gasteiger partial charge in [0.1, 0.15) is 11.6 Å². The summed E-state index contributed by atoms with van der Waals surface area (Å²) < 4.78 is 5.54. The molecule has 0 atom stereocenters. The average Bonchev–Trinajstić information content (AvgIpc) is 2.78. The molecule has 0 aliphatic carbocycles. The molecule has 0 bridgehead atoms. The number of nitro groups is 1. The molecule has 30 heavy (non-hydrogen) atoms. The van der Waals surface area contributed by atoms with Crippen molar-refractivity contribution in [1.29, 1.82) is 0 Å². The normalized spacial score (nSPS) is 14.7. The third-order valence-electron chi connectivity index (χ3n) is 5.63. The van der Waals surface area contributed by atoms with Crippen molar-refractivity contribution >= 4 is 28.4 Å². The summed E-state index contributed by atoms with van der Waals surface area (Å²) in [6, 6.07) is 12.9. The van der Waals surface area contributed by atoms with Crippen molar-refractivity contribution in [3.05, 3.63) is 58.1 Å². The zero-order chi connectivity index (χ0) is 21.3. The molecule has 1 aliphatic rings. The number of methoxy groups -OCH3 is 1. The number of non-ortho nitro benzene ring substituents is 1. The molecule has 0 N–H and O–H groups in total. The van der Waals surface area contributed by atoms with Gasteiger partial charge in [-0.25, -0.2) is 4.98 Å². The van der Waals surface area contributed by atoms with Crippen LogP contribution in [-0.2, 0) is 0 Å². The molecule has 8 nitrogen and oxygen atoms in total. The summed E-state index contributed by atoms with van der Waals surface area (Å²) in [5.74, 6) is 2.69. The molecule has 0 spiro atoms. The van der Waals surface area contributed by atoms with Crippen LogP contribution >= 0.6 is 0 Å². The minimum atomic E-state index is -0.378. The maximum atomic E-state index is 11.3. The predicted molar refractivity (Wildman–Crippen MR) is 118 cm³/mol. The molecule has 4 rings (SSSR count). The number of nitro benzene ring substituents is 1. The van der Waals surface area contributed by atoms with Crippen LogP contribution in [0.1, 0.15) is 24.3 Å². The number of nitrogens with zero attached hydrogens (tertiary/aromatic N) is 5.